The topological polar surface area (TPSA) is 41.5 Å². The fourth-order valence-electron chi connectivity index (χ4n) is 0.758. The van der Waals surface area contributed by atoms with Gasteiger partial charge in [-0.05, 0) is 13.0 Å². The van der Waals surface area contributed by atoms with Crippen molar-refractivity contribution in [1.82, 2.24) is 5.32 Å². The van der Waals surface area contributed by atoms with Crippen LogP contribution in [0.25, 0.3) is 0 Å². The Labute approximate surface area is 74.1 Å². The minimum atomic E-state index is -0.454. The Hall–Kier alpha value is -0.560. The number of aliphatic hydroxyl groups is 1. The van der Waals surface area contributed by atoms with E-state index in [4.69, 9.17) is 11.2 Å². The van der Waals surface area contributed by atoms with Crippen LogP contribution in [0.4, 0.5) is 0 Å². The van der Waals surface area contributed by atoms with Crippen molar-refractivity contribution in [3.63, 3.8) is 0 Å². The maximum absolute atomic E-state index is 9.25. The van der Waals surface area contributed by atoms with Gasteiger partial charge in [0.15, 0.2) is 0 Å². The quantitative estimate of drug-likeness (QED) is 0.418. The van der Waals surface area contributed by atoms with Gasteiger partial charge in [0.25, 0.3) is 0 Å². The molecule has 0 fully saturated rings. The van der Waals surface area contributed by atoms with Gasteiger partial charge in [0.2, 0.25) is 0 Å². The Morgan fingerprint density at radius 3 is 3.00 bits per heavy atom. The second-order valence-electron chi connectivity index (χ2n) is 2.58. The Bertz CT molecular complexity index is 131. The van der Waals surface area contributed by atoms with Crippen LogP contribution in [0.5, 0.6) is 0 Å². The second kappa shape index (κ2) is 8.54. The number of ether oxygens (including phenoxy) is 1. The largest absolute Gasteiger partial charge is 0.389 e. The lowest BCUT2D eigenvalue weighted by atomic mass is 10.3. The summed E-state index contributed by atoms with van der Waals surface area (Å²) in [6.45, 7) is 4.14. The fraction of sp³-hybridized carbons (Fsp3) is 0.778. The number of aliphatic hydroxyl groups excluding tert-OH is 1. The third-order valence-electron chi connectivity index (χ3n) is 1.30. The molecule has 0 spiro atoms. The molecule has 0 radical (unpaired) electrons. The zero-order valence-corrected chi connectivity index (χ0v) is 7.55. The van der Waals surface area contributed by atoms with Gasteiger partial charge in [0.05, 0.1) is 12.7 Å². The van der Waals surface area contributed by atoms with Crippen molar-refractivity contribution in [3.05, 3.63) is 0 Å². The SMILES string of the molecule is C#CCOCC(O)CNCCC. The highest BCUT2D eigenvalue weighted by Crippen LogP contribution is 1.83. The molecule has 70 valence electrons. The molecule has 12 heavy (non-hydrogen) atoms. The molecule has 3 heteroatoms. The summed E-state index contributed by atoms with van der Waals surface area (Å²) in [6.07, 6.45) is 5.58. The van der Waals surface area contributed by atoms with Crippen molar-refractivity contribution in [3.8, 4) is 12.3 Å². The van der Waals surface area contributed by atoms with Crippen LogP contribution in [-0.2, 0) is 4.74 Å². The average Bonchev–Trinajstić information content (AvgIpc) is 2.06. The predicted molar refractivity (Wildman–Crippen MR) is 48.8 cm³/mol. The molecule has 0 heterocycles. The molecule has 0 aromatic heterocycles. The van der Waals surface area contributed by atoms with Gasteiger partial charge in [-0.15, -0.1) is 6.42 Å². The molecule has 3 nitrogen and oxygen atoms in total. The third kappa shape index (κ3) is 7.55. The van der Waals surface area contributed by atoms with Crippen molar-refractivity contribution in [2.24, 2.45) is 0 Å². The predicted octanol–water partition coefficient (Wildman–Crippen LogP) is -0.00330. The van der Waals surface area contributed by atoms with E-state index in [0.717, 1.165) is 13.0 Å². The molecule has 0 amide bonds. The van der Waals surface area contributed by atoms with E-state index in [0.29, 0.717) is 13.2 Å². The molecule has 0 bridgehead atoms. The van der Waals surface area contributed by atoms with Crippen LogP contribution in [0.2, 0.25) is 0 Å². The minimum Gasteiger partial charge on any atom is -0.389 e. The lowest BCUT2D eigenvalue weighted by Gasteiger charge is -2.10. The third-order valence-corrected chi connectivity index (χ3v) is 1.30. The molecule has 0 aromatic carbocycles. The van der Waals surface area contributed by atoms with E-state index in [1.165, 1.54) is 0 Å². The maximum atomic E-state index is 9.25. The van der Waals surface area contributed by atoms with Gasteiger partial charge in [-0.1, -0.05) is 12.8 Å². The first-order valence-electron chi connectivity index (χ1n) is 4.21. The van der Waals surface area contributed by atoms with Crippen molar-refractivity contribution in [2.45, 2.75) is 19.4 Å². The van der Waals surface area contributed by atoms with Crippen molar-refractivity contribution >= 4 is 0 Å². The Morgan fingerprint density at radius 1 is 1.67 bits per heavy atom. The standard InChI is InChI=1S/C9H17NO2/c1-3-5-10-7-9(11)8-12-6-4-2/h2,9-11H,3,5-8H2,1H3. The summed E-state index contributed by atoms with van der Waals surface area (Å²) in [6, 6.07) is 0. The zero-order chi connectivity index (χ0) is 9.23. The van der Waals surface area contributed by atoms with E-state index in [-0.39, 0.29) is 6.61 Å². The molecule has 0 aromatic rings. The molecule has 2 N–H and O–H groups in total. The van der Waals surface area contributed by atoms with Crippen LogP contribution in [-0.4, -0.2) is 37.5 Å². The van der Waals surface area contributed by atoms with Crippen molar-refractivity contribution in [1.29, 1.82) is 0 Å². The van der Waals surface area contributed by atoms with Crippen LogP contribution in [0.1, 0.15) is 13.3 Å². The van der Waals surface area contributed by atoms with E-state index in [2.05, 4.69) is 18.2 Å². The van der Waals surface area contributed by atoms with Gasteiger partial charge < -0.3 is 15.2 Å². The van der Waals surface area contributed by atoms with Crippen LogP contribution in [0.3, 0.4) is 0 Å². The van der Waals surface area contributed by atoms with Crippen LogP contribution in [0, 0.1) is 12.3 Å². The highest BCUT2D eigenvalue weighted by atomic mass is 16.5. The molecule has 0 saturated heterocycles. The molecule has 0 aliphatic heterocycles. The molecule has 1 atom stereocenters. The first-order chi connectivity index (χ1) is 5.81. The molecule has 1 unspecified atom stereocenters. The van der Waals surface area contributed by atoms with Gasteiger partial charge in [-0.3, -0.25) is 0 Å². The normalized spacial score (nSPS) is 12.4. The van der Waals surface area contributed by atoms with Crippen molar-refractivity contribution in [2.75, 3.05) is 26.3 Å². The van der Waals surface area contributed by atoms with Gasteiger partial charge in [-0.2, -0.15) is 0 Å². The smallest absolute Gasteiger partial charge is 0.107 e. The van der Waals surface area contributed by atoms with E-state index in [9.17, 15) is 5.11 Å². The highest BCUT2D eigenvalue weighted by Gasteiger charge is 2.01. The van der Waals surface area contributed by atoms with E-state index in [1.54, 1.807) is 0 Å². The first kappa shape index (κ1) is 11.4. The summed E-state index contributed by atoms with van der Waals surface area (Å²) < 4.78 is 4.95. The number of rotatable bonds is 7. The van der Waals surface area contributed by atoms with E-state index >= 15 is 0 Å². The summed E-state index contributed by atoms with van der Waals surface area (Å²) in [4.78, 5) is 0. The van der Waals surface area contributed by atoms with Gasteiger partial charge in [0.1, 0.15) is 6.61 Å². The van der Waals surface area contributed by atoms with Crippen LogP contribution in [0.15, 0.2) is 0 Å². The molecule has 0 aliphatic carbocycles. The summed E-state index contributed by atoms with van der Waals surface area (Å²) in [5.74, 6) is 2.34. The first-order valence-corrected chi connectivity index (χ1v) is 4.21. The fourth-order valence-corrected chi connectivity index (χ4v) is 0.758. The summed E-state index contributed by atoms with van der Waals surface area (Å²) in [5, 5.41) is 12.3. The van der Waals surface area contributed by atoms with Gasteiger partial charge in [-0.25, -0.2) is 0 Å². The lowest BCUT2D eigenvalue weighted by molar-refractivity contribution is 0.0516. The van der Waals surface area contributed by atoms with Crippen molar-refractivity contribution < 1.29 is 9.84 Å². The monoisotopic (exact) mass is 171 g/mol. The molecular weight excluding hydrogens is 154 g/mol. The molecule has 0 saturated carbocycles. The Balaban J connectivity index is 3.11. The van der Waals surface area contributed by atoms with E-state index in [1.807, 2.05) is 0 Å². The lowest BCUT2D eigenvalue weighted by Crippen LogP contribution is -2.30. The highest BCUT2D eigenvalue weighted by molar-refractivity contribution is 4.83. The summed E-state index contributed by atoms with van der Waals surface area (Å²) >= 11 is 0. The Morgan fingerprint density at radius 2 is 2.42 bits per heavy atom. The molecular formula is C9H17NO2. The zero-order valence-electron chi connectivity index (χ0n) is 7.55. The second-order valence-corrected chi connectivity index (χ2v) is 2.58. The maximum Gasteiger partial charge on any atom is 0.107 e. The summed E-state index contributed by atoms with van der Waals surface area (Å²) in [7, 11) is 0. The molecule has 0 rings (SSSR count). The van der Waals surface area contributed by atoms with Crippen LogP contribution < -0.4 is 5.32 Å². The number of terminal acetylenes is 1. The Kier molecular flexibility index (Phi) is 8.14. The molecule has 0 aliphatic rings. The van der Waals surface area contributed by atoms with Gasteiger partial charge >= 0.3 is 0 Å². The minimum absolute atomic E-state index is 0.269. The number of hydrogen-bond donors (Lipinski definition) is 2. The number of hydrogen-bond acceptors (Lipinski definition) is 3. The average molecular weight is 171 g/mol. The summed E-state index contributed by atoms with van der Waals surface area (Å²) in [5.41, 5.74) is 0. The van der Waals surface area contributed by atoms with E-state index < -0.39 is 6.10 Å². The van der Waals surface area contributed by atoms with Gasteiger partial charge in [0, 0.05) is 6.54 Å². The number of nitrogens with one attached hydrogen (secondary N) is 1. The van der Waals surface area contributed by atoms with Crippen LogP contribution >= 0.6 is 0 Å².